The maximum absolute atomic E-state index is 13.1. The van der Waals surface area contributed by atoms with Gasteiger partial charge in [-0.1, -0.05) is 0 Å². The van der Waals surface area contributed by atoms with Crippen LogP contribution in [0.4, 0.5) is 0 Å². The molecule has 0 spiro atoms. The largest absolute Gasteiger partial charge is 0.355 e. The van der Waals surface area contributed by atoms with E-state index in [0.29, 0.717) is 32.2 Å². The molecule has 12 nitrogen and oxygen atoms in total. The molecule has 0 saturated heterocycles. The van der Waals surface area contributed by atoms with Crippen molar-refractivity contribution in [1.82, 2.24) is 26.6 Å². The van der Waals surface area contributed by atoms with Crippen molar-refractivity contribution in [2.45, 2.75) is 110 Å². The van der Waals surface area contributed by atoms with E-state index in [2.05, 4.69) is 26.6 Å². The van der Waals surface area contributed by atoms with Gasteiger partial charge in [0.15, 0.2) is 0 Å². The van der Waals surface area contributed by atoms with E-state index in [0.717, 1.165) is 0 Å². The summed E-state index contributed by atoms with van der Waals surface area (Å²) in [6.07, 6.45) is 2.25. The van der Waals surface area contributed by atoms with E-state index in [1.54, 1.807) is 14.1 Å². The zero-order valence-corrected chi connectivity index (χ0v) is 24.2. The minimum absolute atomic E-state index is 0.00111. The molecule has 0 aromatic rings. The van der Waals surface area contributed by atoms with E-state index in [1.165, 1.54) is 27.7 Å². The number of rotatable bonds is 22. The molecule has 5 N–H and O–H groups in total. The van der Waals surface area contributed by atoms with Gasteiger partial charge in [-0.05, 0) is 73.9 Å². The molecule has 0 radical (unpaired) electrons. The Balaban J connectivity index is 5.18. The van der Waals surface area contributed by atoms with Gasteiger partial charge in [0.2, 0.25) is 17.7 Å². The molecule has 0 aliphatic rings. The number of carbonyl (C=O) groups excluding carboxylic acids is 7. The van der Waals surface area contributed by atoms with Gasteiger partial charge < -0.3 is 41.0 Å². The van der Waals surface area contributed by atoms with E-state index in [9.17, 15) is 33.6 Å². The third-order valence-electron chi connectivity index (χ3n) is 6.23. The molecule has 39 heavy (non-hydrogen) atoms. The smallest absolute Gasteiger partial charge is 0.242 e. The van der Waals surface area contributed by atoms with E-state index in [-0.39, 0.29) is 61.1 Å². The summed E-state index contributed by atoms with van der Waals surface area (Å²) < 4.78 is 0. The summed E-state index contributed by atoms with van der Waals surface area (Å²) in [4.78, 5) is 84.2. The van der Waals surface area contributed by atoms with Crippen molar-refractivity contribution in [2.24, 2.45) is 0 Å². The van der Waals surface area contributed by atoms with Crippen LogP contribution < -0.4 is 26.6 Å². The molecule has 0 aliphatic heterocycles. The normalized spacial score (nSPS) is 13.9. The lowest BCUT2D eigenvalue weighted by Gasteiger charge is -2.25. The average molecular weight is 554 g/mol. The molecule has 4 unspecified atom stereocenters. The molecule has 0 fully saturated rings. The van der Waals surface area contributed by atoms with Crippen LogP contribution in [0, 0.1) is 0 Å². The second-order valence-corrected chi connectivity index (χ2v) is 10.0. The SMILES string of the molecule is CNC(CCC(C)=O)C(=O)NCCCC(CC(C)=O)NC(=O)C(CCC(C)=O)NC(=O)C(CCC(C)=O)NC. The van der Waals surface area contributed by atoms with E-state index < -0.39 is 36.0 Å². The lowest BCUT2D eigenvalue weighted by molar-refractivity contribution is -0.131. The quantitative estimate of drug-likeness (QED) is 0.116. The van der Waals surface area contributed by atoms with Crippen LogP contribution in [0.25, 0.3) is 0 Å². The highest BCUT2D eigenvalue weighted by molar-refractivity contribution is 5.91. The molecule has 222 valence electrons. The van der Waals surface area contributed by atoms with Gasteiger partial charge in [0.05, 0.1) is 12.1 Å². The summed E-state index contributed by atoms with van der Waals surface area (Å²) in [5.41, 5.74) is 0. The molecule has 4 atom stereocenters. The van der Waals surface area contributed by atoms with Crippen molar-refractivity contribution in [3.8, 4) is 0 Å². The fourth-order valence-electron chi connectivity index (χ4n) is 3.95. The molecule has 0 aromatic carbocycles. The first-order valence-electron chi connectivity index (χ1n) is 13.5. The Labute approximate surface area is 231 Å². The van der Waals surface area contributed by atoms with Crippen LogP contribution in [-0.2, 0) is 33.6 Å². The van der Waals surface area contributed by atoms with Crippen molar-refractivity contribution >= 4 is 40.9 Å². The van der Waals surface area contributed by atoms with Gasteiger partial charge in [0, 0.05) is 38.3 Å². The number of likely N-dealkylation sites (N-methyl/N-ethyl adjacent to an activating group) is 2. The lowest BCUT2D eigenvalue weighted by Crippen LogP contribution is -2.54. The summed E-state index contributed by atoms with van der Waals surface area (Å²) in [5.74, 6) is -1.54. The van der Waals surface area contributed by atoms with Gasteiger partial charge in [0.25, 0.3) is 0 Å². The minimum Gasteiger partial charge on any atom is -0.355 e. The highest BCUT2D eigenvalue weighted by Crippen LogP contribution is 2.08. The summed E-state index contributed by atoms with van der Waals surface area (Å²) in [6.45, 7) is 6.02. The molecule has 0 aromatic heterocycles. The Morgan fingerprint density at radius 1 is 0.538 bits per heavy atom. The zero-order chi connectivity index (χ0) is 30.0. The predicted molar refractivity (Wildman–Crippen MR) is 147 cm³/mol. The number of amides is 3. The standard InChI is InChI=1S/C27H47N5O7/c1-17(33)9-12-22(28-5)25(37)30-15-7-8-21(16-20(4)36)31-27(39)24(14-11-19(3)35)32-26(38)23(29-6)13-10-18(2)34/h21-24,28-29H,7-16H2,1-6H3,(H,30,37)(H,31,39)(H,32,38). The topological polar surface area (TPSA) is 180 Å². The zero-order valence-electron chi connectivity index (χ0n) is 24.2. The molecule has 0 heterocycles. The number of carbonyl (C=O) groups is 7. The number of Topliss-reactive ketones (excluding diaryl/α,β-unsaturated/α-hetero) is 4. The van der Waals surface area contributed by atoms with E-state index in [1.807, 2.05) is 0 Å². The fourth-order valence-corrected chi connectivity index (χ4v) is 3.95. The number of hydrogen-bond acceptors (Lipinski definition) is 9. The van der Waals surface area contributed by atoms with Gasteiger partial charge in [-0.15, -0.1) is 0 Å². The highest BCUT2D eigenvalue weighted by atomic mass is 16.2. The third-order valence-corrected chi connectivity index (χ3v) is 6.23. The van der Waals surface area contributed by atoms with Gasteiger partial charge in [-0.3, -0.25) is 19.2 Å². The second-order valence-electron chi connectivity index (χ2n) is 10.0. The Kier molecular flexibility index (Phi) is 18.5. The van der Waals surface area contributed by atoms with Crippen LogP contribution in [0.1, 0.15) is 85.5 Å². The molecule has 0 aliphatic carbocycles. The van der Waals surface area contributed by atoms with Crippen LogP contribution in [0.15, 0.2) is 0 Å². The van der Waals surface area contributed by atoms with Crippen molar-refractivity contribution in [1.29, 1.82) is 0 Å². The van der Waals surface area contributed by atoms with Crippen molar-refractivity contribution < 1.29 is 33.6 Å². The van der Waals surface area contributed by atoms with Gasteiger partial charge in [-0.25, -0.2) is 0 Å². The Morgan fingerprint density at radius 2 is 0.974 bits per heavy atom. The fraction of sp³-hybridized carbons (Fsp3) is 0.741. The van der Waals surface area contributed by atoms with Crippen LogP contribution in [0.2, 0.25) is 0 Å². The molecule has 12 heteroatoms. The first kappa shape index (κ1) is 36.0. The summed E-state index contributed by atoms with van der Waals surface area (Å²) >= 11 is 0. The third kappa shape index (κ3) is 17.3. The summed E-state index contributed by atoms with van der Waals surface area (Å²) in [6, 6.07) is -2.71. The Morgan fingerprint density at radius 3 is 1.41 bits per heavy atom. The lowest BCUT2D eigenvalue weighted by atomic mass is 10.0. The molecule has 0 bridgehead atoms. The van der Waals surface area contributed by atoms with Gasteiger partial charge >= 0.3 is 0 Å². The predicted octanol–water partition coefficient (Wildman–Crippen LogP) is 0.115. The first-order chi connectivity index (χ1) is 18.3. The first-order valence-corrected chi connectivity index (χ1v) is 13.5. The minimum atomic E-state index is -0.999. The van der Waals surface area contributed by atoms with Crippen molar-refractivity contribution in [3.05, 3.63) is 0 Å². The van der Waals surface area contributed by atoms with Crippen LogP contribution >= 0.6 is 0 Å². The maximum Gasteiger partial charge on any atom is 0.242 e. The number of nitrogens with one attached hydrogen (secondary N) is 5. The van der Waals surface area contributed by atoms with Gasteiger partial charge in [0.1, 0.15) is 29.2 Å². The molecule has 3 amide bonds. The van der Waals surface area contributed by atoms with Gasteiger partial charge in [-0.2, -0.15) is 0 Å². The van der Waals surface area contributed by atoms with Crippen LogP contribution in [0.5, 0.6) is 0 Å². The average Bonchev–Trinajstić information content (AvgIpc) is 2.84. The monoisotopic (exact) mass is 553 g/mol. The van der Waals surface area contributed by atoms with Crippen molar-refractivity contribution in [3.63, 3.8) is 0 Å². The highest BCUT2D eigenvalue weighted by Gasteiger charge is 2.27. The molecular formula is C27H47N5O7. The maximum atomic E-state index is 13.1. The van der Waals surface area contributed by atoms with Crippen molar-refractivity contribution in [2.75, 3.05) is 20.6 Å². The molecular weight excluding hydrogens is 506 g/mol. The second kappa shape index (κ2) is 20.0. The molecule has 0 saturated carbocycles. The Bertz CT molecular complexity index is 861. The Hall–Kier alpha value is -2.99. The molecule has 0 rings (SSSR count). The number of ketones is 4. The van der Waals surface area contributed by atoms with E-state index in [4.69, 9.17) is 0 Å². The van der Waals surface area contributed by atoms with Crippen LogP contribution in [0.3, 0.4) is 0 Å². The van der Waals surface area contributed by atoms with E-state index >= 15 is 0 Å². The summed E-state index contributed by atoms with van der Waals surface area (Å²) in [5, 5.41) is 14.0. The van der Waals surface area contributed by atoms with Crippen LogP contribution in [-0.4, -0.2) is 85.7 Å². The summed E-state index contributed by atoms with van der Waals surface area (Å²) in [7, 11) is 3.23. The number of hydrogen-bond donors (Lipinski definition) is 5.